The predicted octanol–water partition coefficient (Wildman–Crippen LogP) is 3.30. The monoisotopic (exact) mass is 219 g/mol. The second-order valence-electron chi connectivity index (χ2n) is 5.33. The predicted molar refractivity (Wildman–Crippen MR) is 59.1 cm³/mol. The Hall–Kier alpha value is -0.180. The van der Waals surface area contributed by atoms with Crippen LogP contribution in [0.5, 0.6) is 0 Å². The molecule has 0 aromatic carbocycles. The van der Waals surface area contributed by atoms with Crippen LogP contribution in [0.2, 0.25) is 0 Å². The van der Waals surface area contributed by atoms with E-state index in [0.29, 0.717) is 18.3 Å². The highest BCUT2D eigenvalue weighted by atomic mass is 19.3. The van der Waals surface area contributed by atoms with Gasteiger partial charge in [0.15, 0.2) is 0 Å². The number of hydrogen-bond acceptors (Lipinski definition) is 1. The third-order valence-corrected chi connectivity index (χ3v) is 3.98. The van der Waals surface area contributed by atoms with Crippen LogP contribution in [-0.4, -0.2) is 19.0 Å². The molecule has 0 spiro atoms. The van der Waals surface area contributed by atoms with Gasteiger partial charge in [-0.3, -0.25) is 0 Å². The fraction of sp³-hybridized carbons (Fsp3) is 1.00. The first-order valence-electron chi connectivity index (χ1n) is 5.91. The van der Waals surface area contributed by atoms with Crippen molar-refractivity contribution in [2.24, 2.45) is 17.8 Å². The van der Waals surface area contributed by atoms with Crippen molar-refractivity contribution in [1.82, 2.24) is 5.32 Å². The number of alkyl halides is 2. The SMILES string of the molecule is CNC1(C(F)F)CC(C)CCC1C(C)C. The first kappa shape index (κ1) is 12.9. The summed E-state index contributed by atoms with van der Waals surface area (Å²) in [5.74, 6) is 0.819. The number of halogens is 2. The van der Waals surface area contributed by atoms with E-state index in [9.17, 15) is 8.78 Å². The second-order valence-corrected chi connectivity index (χ2v) is 5.33. The minimum absolute atomic E-state index is 0.0960. The number of nitrogens with one attached hydrogen (secondary N) is 1. The molecule has 1 fully saturated rings. The summed E-state index contributed by atoms with van der Waals surface area (Å²) in [6, 6.07) is 0. The lowest BCUT2D eigenvalue weighted by Gasteiger charge is -2.47. The van der Waals surface area contributed by atoms with Crippen LogP contribution in [0.1, 0.15) is 40.0 Å². The highest BCUT2D eigenvalue weighted by Crippen LogP contribution is 2.44. The van der Waals surface area contributed by atoms with Crippen molar-refractivity contribution in [1.29, 1.82) is 0 Å². The largest absolute Gasteiger partial charge is 0.309 e. The van der Waals surface area contributed by atoms with Gasteiger partial charge in [-0.25, -0.2) is 8.78 Å². The van der Waals surface area contributed by atoms with Crippen LogP contribution in [0.25, 0.3) is 0 Å². The average molecular weight is 219 g/mol. The van der Waals surface area contributed by atoms with Crippen LogP contribution in [0.3, 0.4) is 0 Å². The molecule has 1 N–H and O–H groups in total. The van der Waals surface area contributed by atoms with Gasteiger partial charge in [-0.15, -0.1) is 0 Å². The third-order valence-electron chi connectivity index (χ3n) is 3.98. The van der Waals surface area contributed by atoms with Crippen molar-refractivity contribution < 1.29 is 8.78 Å². The highest BCUT2D eigenvalue weighted by molar-refractivity contribution is 5.01. The molecule has 1 aliphatic carbocycles. The van der Waals surface area contributed by atoms with Gasteiger partial charge in [-0.05, 0) is 37.6 Å². The average Bonchev–Trinajstić information content (AvgIpc) is 2.16. The fourth-order valence-electron chi connectivity index (χ4n) is 3.13. The second kappa shape index (κ2) is 4.77. The van der Waals surface area contributed by atoms with E-state index in [1.54, 1.807) is 7.05 Å². The smallest absolute Gasteiger partial charge is 0.256 e. The molecule has 0 radical (unpaired) electrons. The molecule has 3 heteroatoms. The van der Waals surface area contributed by atoms with E-state index in [2.05, 4.69) is 26.1 Å². The summed E-state index contributed by atoms with van der Waals surface area (Å²) in [4.78, 5) is 0. The maximum atomic E-state index is 13.3. The zero-order valence-corrected chi connectivity index (χ0v) is 10.2. The normalized spacial score (nSPS) is 37.6. The topological polar surface area (TPSA) is 12.0 Å². The molecule has 0 aromatic heterocycles. The Morgan fingerprint density at radius 2 is 1.87 bits per heavy atom. The van der Waals surface area contributed by atoms with E-state index < -0.39 is 12.0 Å². The minimum atomic E-state index is -2.27. The number of rotatable bonds is 3. The molecule has 0 aromatic rings. The maximum absolute atomic E-state index is 13.3. The zero-order valence-electron chi connectivity index (χ0n) is 10.2. The summed E-state index contributed by atoms with van der Waals surface area (Å²) >= 11 is 0. The van der Waals surface area contributed by atoms with E-state index >= 15 is 0 Å². The summed E-state index contributed by atoms with van der Waals surface area (Å²) in [5.41, 5.74) is -0.953. The van der Waals surface area contributed by atoms with E-state index in [4.69, 9.17) is 0 Å². The van der Waals surface area contributed by atoms with Crippen LogP contribution in [0, 0.1) is 17.8 Å². The van der Waals surface area contributed by atoms with Crippen molar-refractivity contribution >= 4 is 0 Å². The Kier molecular flexibility index (Phi) is 4.10. The molecule has 0 bridgehead atoms. The lowest BCUT2D eigenvalue weighted by Crippen LogP contribution is -2.59. The van der Waals surface area contributed by atoms with Crippen molar-refractivity contribution in [2.45, 2.75) is 52.0 Å². The van der Waals surface area contributed by atoms with Gasteiger partial charge >= 0.3 is 0 Å². The Balaban J connectivity index is 2.93. The summed E-state index contributed by atoms with van der Waals surface area (Å²) in [6.07, 6.45) is 0.338. The molecule has 15 heavy (non-hydrogen) atoms. The Morgan fingerprint density at radius 1 is 1.27 bits per heavy atom. The van der Waals surface area contributed by atoms with Crippen molar-refractivity contribution in [3.8, 4) is 0 Å². The molecule has 0 saturated heterocycles. The quantitative estimate of drug-likeness (QED) is 0.768. The summed E-state index contributed by atoms with van der Waals surface area (Å²) in [7, 11) is 1.68. The van der Waals surface area contributed by atoms with Gasteiger partial charge in [0, 0.05) is 0 Å². The van der Waals surface area contributed by atoms with Gasteiger partial charge in [0.25, 0.3) is 6.43 Å². The van der Waals surface area contributed by atoms with E-state index in [-0.39, 0.29) is 5.92 Å². The van der Waals surface area contributed by atoms with Crippen LogP contribution in [0.15, 0.2) is 0 Å². The van der Waals surface area contributed by atoms with Crippen molar-refractivity contribution in [3.05, 3.63) is 0 Å². The van der Waals surface area contributed by atoms with E-state index in [1.165, 1.54) is 0 Å². The van der Waals surface area contributed by atoms with Gasteiger partial charge < -0.3 is 5.32 Å². The van der Waals surface area contributed by atoms with Gasteiger partial charge in [-0.2, -0.15) is 0 Å². The molecule has 0 heterocycles. The molecule has 1 saturated carbocycles. The maximum Gasteiger partial charge on any atom is 0.256 e. The third kappa shape index (κ3) is 2.32. The first-order valence-corrected chi connectivity index (χ1v) is 5.91. The molecule has 3 unspecified atom stereocenters. The zero-order chi connectivity index (χ0) is 11.6. The summed E-state index contributed by atoms with van der Waals surface area (Å²) < 4.78 is 26.6. The Labute approximate surface area is 91.6 Å². The van der Waals surface area contributed by atoms with E-state index in [1.807, 2.05) is 0 Å². The Bertz CT molecular complexity index is 206. The van der Waals surface area contributed by atoms with Crippen molar-refractivity contribution in [3.63, 3.8) is 0 Å². The summed E-state index contributed by atoms with van der Waals surface area (Å²) in [6.45, 7) is 6.18. The summed E-state index contributed by atoms with van der Waals surface area (Å²) in [5, 5.41) is 2.93. The van der Waals surface area contributed by atoms with Gasteiger partial charge in [0.05, 0.1) is 5.54 Å². The van der Waals surface area contributed by atoms with Crippen LogP contribution in [-0.2, 0) is 0 Å². The Morgan fingerprint density at radius 3 is 2.27 bits per heavy atom. The lowest BCUT2D eigenvalue weighted by atomic mass is 9.65. The molecule has 1 rings (SSSR count). The molecular weight excluding hydrogens is 196 g/mol. The van der Waals surface area contributed by atoms with Gasteiger partial charge in [-0.1, -0.05) is 27.2 Å². The number of hydrogen-bond donors (Lipinski definition) is 1. The highest BCUT2D eigenvalue weighted by Gasteiger charge is 2.49. The first-order chi connectivity index (χ1) is 6.94. The molecule has 0 aliphatic heterocycles. The molecular formula is C12H23F2N. The molecule has 1 nitrogen and oxygen atoms in total. The van der Waals surface area contributed by atoms with Crippen LogP contribution < -0.4 is 5.32 Å². The minimum Gasteiger partial charge on any atom is -0.309 e. The standard InChI is InChI=1S/C12H23F2N/c1-8(2)10-6-5-9(3)7-12(10,15-4)11(13)14/h8-11,15H,5-7H2,1-4H3. The fourth-order valence-corrected chi connectivity index (χ4v) is 3.13. The van der Waals surface area contributed by atoms with Crippen LogP contribution >= 0.6 is 0 Å². The van der Waals surface area contributed by atoms with Gasteiger partial charge in [0.2, 0.25) is 0 Å². The van der Waals surface area contributed by atoms with E-state index in [0.717, 1.165) is 12.8 Å². The lowest BCUT2D eigenvalue weighted by molar-refractivity contribution is -0.0516. The molecule has 90 valence electrons. The van der Waals surface area contributed by atoms with Gasteiger partial charge in [0.1, 0.15) is 0 Å². The van der Waals surface area contributed by atoms with Crippen molar-refractivity contribution in [2.75, 3.05) is 7.05 Å². The van der Waals surface area contributed by atoms with Crippen LogP contribution in [0.4, 0.5) is 8.78 Å². The molecule has 0 amide bonds. The molecule has 3 atom stereocenters. The molecule has 1 aliphatic rings.